The quantitative estimate of drug-likeness (QED) is 0.811. The van der Waals surface area contributed by atoms with Gasteiger partial charge in [0.15, 0.2) is 0 Å². The van der Waals surface area contributed by atoms with Crippen LogP contribution < -0.4 is 5.32 Å². The molecule has 6 heteroatoms. The zero-order valence-electron chi connectivity index (χ0n) is 18.2. The molecule has 2 aliphatic rings. The lowest BCUT2D eigenvalue weighted by Gasteiger charge is -2.40. The third-order valence-electron chi connectivity index (χ3n) is 6.50. The number of piperidine rings is 1. The zero-order chi connectivity index (χ0) is 22.0. The van der Waals surface area contributed by atoms with E-state index >= 15 is 0 Å². The number of carbonyl (C=O) groups is 2. The van der Waals surface area contributed by atoms with Crippen LogP contribution in [0.15, 0.2) is 42.5 Å². The predicted molar refractivity (Wildman–Crippen MR) is 119 cm³/mol. The van der Waals surface area contributed by atoms with Crippen LogP contribution in [0.5, 0.6) is 0 Å². The first-order valence-electron chi connectivity index (χ1n) is 11.1. The Balaban J connectivity index is 1.53. The molecule has 5 nitrogen and oxygen atoms in total. The van der Waals surface area contributed by atoms with E-state index in [9.17, 15) is 14.0 Å². The van der Waals surface area contributed by atoms with E-state index in [2.05, 4.69) is 18.3 Å². The number of rotatable bonds is 4. The van der Waals surface area contributed by atoms with E-state index in [4.69, 9.17) is 0 Å². The van der Waals surface area contributed by atoms with E-state index in [1.54, 1.807) is 19.1 Å². The Morgan fingerprint density at radius 3 is 2.58 bits per heavy atom. The van der Waals surface area contributed by atoms with Gasteiger partial charge in [0.05, 0.1) is 6.54 Å². The maximum atomic E-state index is 13.6. The van der Waals surface area contributed by atoms with E-state index in [1.807, 2.05) is 28.0 Å². The highest BCUT2D eigenvalue weighted by atomic mass is 19.1. The highest BCUT2D eigenvalue weighted by molar-refractivity contribution is 5.93. The van der Waals surface area contributed by atoms with Crippen molar-refractivity contribution in [2.75, 3.05) is 31.5 Å². The van der Waals surface area contributed by atoms with E-state index < -0.39 is 6.04 Å². The summed E-state index contributed by atoms with van der Waals surface area (Å²) in [6, 6.07) is 12.1. The second kappa shape index (κ2) is 9.18. The van der Waals surface area contributed by atoms with Gasteiger partial charge in [0, 0.05) is 25.3 Å². The molecule has 2 aliphatic heterocycles. The molecule has 1 fully saturated rings. The van der Waals surface area contributed by atoms with Crippen molar-refractivity contribution in [3.63, 3.8) is 0 Å². The number of benzene rings is 2. The highest BCUT2D eigenvalue weighted by Gasteiger charge is 2.37. The summed E-state index contributed by atoms with van der Waals surface area (Å²) in [7, 11) is 0. The first kappa shape index (κ1) is 21.5. The number of anilines is 1. The van der Waals surface area contributed by atoms with E-state index in [1.165, 1.54) is 11.6 Å². The van der Waals surface area contributed by atoms with Crippen LogP contribution in [0.1, 0.15) is 42.5 Å². The summed E-state index contributed by atoms with van der Waals surface area (Å²) in [4.78, 5) is 30.3. The lowest BCUT2D eigenvalue weighted by molar-refractivity contribution is -0.139. The van der Waals surface area contributed by atoms with Gasteiger partial charge in [0.25, 0.3) is 0 Å². The van der Waals surface area contributed by atoms with Crippen LogP contribution in [-0.2, 0) is 16.0 Å². The van der Waals surface area contributed by atoms with Gasteiger partial charge in [-0.3, -0.25) is 14.5 Å². The zero-order valence-corrected chi connectivity index (χ0v) is 18.2. The van der Waals surface area contributed by atoms with Crippen molar-refractivity contribution in [3.05, 3.63) is 65.0 Å². The SMILES string of the molecule is Cc1cc(NC(=O)CN2CCc3ccccc3[C@@H]2C(=O)N2CCC(C)CC2)ccc1F. The average Bonchev–Trinajstić information content (AvgIpc) is 2.76. The summed E-state index contributed by atoms with van der Waals surface area (Å²) in [5.41, 5.74) is 3.23. The van der Waals surface area contributed by atoms with Crippen molar-refractivity contribution in [2.24, 2.45) is 5.92 Å². The molecule has 0 saturated carbocycles. The van der Waals surface area contributed by atoms with Crippen molar-refractivity contribution in [1.82, 2.24) is 9.80 Å². The minimum atomic E-state index is -0.445. The van der Waals surface area contributed by atoms with Crippen LogP contribution in [-0.4, -0.2) is 47.8 Å². The first-order chi connectivity index (χ1) is 14.9. The molecular weight excluding hydrogens is 393 g/mol. The number of nitrogens with zero attached hydrogens (tertiary/aromatic N) is 2. The Bertz CT molecular complexity index is 969. The fraction of sp³-hybridized carbons (Fsp3) is 0.440. The van der Waals surface area contributed by atoms with Crippen LogP contribution in [0.3, 0.4) is 0 Å². The van der Waals surface area contributed by atoms with Crippen molar-refractivity contribution in [2.45, 2.75) is 39.2 Å². The standard InChI is InChI=1S/C25H30FN3O2/c1-17-9-12-28(13-10-17)25(31)24-21-6-4-3-5-19(21)11-14-29(24)16-23(30)27-20-7-8-22(26)18(2)15-20/h3-8,15,17,24H,9-14,16H2,1-2H3,(H,27,30)/t24-/m1/s1. The molecule has 0 aliphatic carbocycles. The van der Waals surface area contributed by atoms with Crippen LogP contribution >= 0.6 is 0 Å². The monoisotopic (exact) mass is 423 g/mol. The third-order valence-corrected chi connectivity index (χ3v) is 6.50. The van der Waals surface area contributed by atoms with Crippen molar-refractivity contribution < 1.29 is 14.0 Å². The Morgan fingerprint density at radius 2 is 1.84 bits per heavy atom. The molecule has 1 saturated heterocycles. The number of fused-ring (bicyclic) bond motifs is 1. The molecule has 2 aromatic rings. The maximum absolute atomic E-state index is 13.6. The molecule has 1 atom stereocenters. The van der Waals surface area contributed by atoms with Gasteiger partial charge in [0.1, 0.15) is 11.9 Å². The predicted octanol–water partition coefficient (Wildman–Crippen LogP) is 3.93. The van der Waals surface area contributed by atoms with Crippen molar-refractivity contribution >= 4 is 17.5 Å². The number of halogens is 1. The molecule has 4 rings (SSSR count). The number of likely N-dealkylation sites (tertiary alicyclic amines) is 1. The first-order valence-corrected chi connectivity index (χ1v) is 11.1. The molecule has 164 valence electrons. The number of aryl methyl sites for hydroxylation is 1. The fourth-order valence-corrected chi connectivity index (χ4v) is 4.59. The average molecular weight is 424 g/mol. The van der Waals surface area contributed by atoms with E-state index in [-0.39, 0.29) is 24.2 Å². The number of amides is 2. The van der Waals surface area contributed by atoms with Gasteiger partial charge >= 0.3 is 0 Å². The number of hydrogen-bond acceptors (Lipinski definition) is 3. The summed E-state index contributed by atoms with van der Waals surface area (Å²) in [5.74, 6) is 0.232. The van der Waals surface area contributed by atoms with Gasteiger partial charge in [-0.15, -0.1) is 0 Å². The van der Waals surface area contributed by atoms with Gasteiger partial charge < -0.3 is 10.2 Å². The Kier molecular flexibility index (Phi) is 6.37. The van der Waals surface area contributed by atoms with Crippen molar-refractivity contribution in [3.8, 4) is 0 Å². The molecular formula is C25H30FN3O2. The molecule has 31 heavy (non-hydrogen) atoms. The number of nitrogens with one attached hydrogen (secondary N) is 1. The lowest BCUT2D eigenvalue weighted by Crippen LogP contribution is -2.50. The third kappa shape index (κ3) is 4.79. The minimum Gasteiger partial charge on any atom is -0.341 e. The molecule has 2 amide bonds. The van der Waals surface area contributed by atoms with Crippen LogP contribution in [0, 0.1) is 18.7 Å². The summed E-state index contributed by atoms with van der Waals surface area (Å²) in [6.45, 7) is 6.20. The van der Waals surface area contributed by atoms with Gasteiger partial charge in [-0.05, 0) is 67.0 Å². The summed E-state index contributed by atoms with van der Waals surface area (Å²) in [5, 5.41) is 2.85. The van der Waals surface area contributed by atoms with Crippen LogP contribution in [0.4, 0.5) is 10.1 Å². The van der Waals surface area contributed by atoms with Crippen molar-refractivity contribution in [1.29, 1.82) is 0 Å². The van der Waals surface area contributed by atoms with E-state index in [0.29, 0.717) is 23.7 Å². The second-order valence-electron chi connectivity index (χ2n) is 8.84. The Morgan fingerprint density at radius 1 is 1.10 bits per heavy atom. The van der Waals surface area contributed by atoms with Crippen LogP contribution in [0.25, 0.3) is 0 Å². The highest BCUT2D eigenvalue weighted by Crippen LogP contribution is 2.32. The van der Waals surface area contributed by atoms with Gasteiger partial charge in [-0.2, -0.15) is 0 Å². The second-order valence-corrected chi connectivity index (χ2v) is 8.84. The van der Waals surface area contributed by atoms with Gasteiger partial charge in [-0.1, -0.05) is 31.2 Å². The maximum Gasteiger partial charge on any atom is 0.244 e. The fourth-order valence-electron chi connectivity index (χ4n) is 4.59. The molecule has 2 heterocycles. The molecule has 2 aromatic carbocycles. The van der Waals surface area contributed by atoms with Gasteiger partial charge in [0.2, 0.25) is 11.8 Å². The minimum absolute atomic E-state index is 0.0875. The normalized spacial score (nSPS) is 19.7. The number of hydrogen-bond donors (Lipinski definition) is 1. The molecule has 0 spiro atoms. The Labute approximate surface area is 183 Å². The summed E-state index contributed by atoms with van der Waals surface area (Å²) < 4.78 is 13.5. The van der Waals surface area contributed by atoms with E-state index in [0.717, 1.165) is 37.9 Å². The summed E-state index contributed by atoms with van der Waals surface area (Å²) >= 11 is 0. The molecule has 0 unspecified atom stereocenters. The Hall–Kier alpha value is -2.73. The molecule has 0 bridgehead atoms. The number of carbonyl (C=O) groups excluding carboxylic acids is 2. The smallest absolute Gasteiger partial charge is 0.244 e. The van der Waals surface area contributed by atoms with Crippen LogP contribution in [0.2, 0.25) is 0 Å². The summed E-state index contributed by atoms with van der Waals surface area (Å²) in [6.07, 6.45) is 2.84. The molecule has 1 N–H and O–H groups in total. The molecule has 0 aromatic heterocycles. The largest absolute Gasteiger partial charge is 0.341 e. The lowest BCUT2D eigenvalue weighted by atomic mass is 9.90. The molecule has 0 radical (unpaired) electrons. The van der Waals surface area contributed by atoms with Gasteiger partial charge in [-0.25, -0.2) is 4.39 Å². The topological polar surface area (TPSA) is 52.7 Å².